The fourth-order valence-corrected chi connectivity index (χ4v) is 4.89. The Morgan fingerprint density at radius 2 is 1.40 bits per heavy atom. The Kier molecular flexibility index (Phi) is 2.69. The molecule has 2 unspecified atom stereocenters. The Labute approximate surface area is 148 Å². The summed E-state index contributed by atoms with van der Waals surface area (Å²) in [5.74, 6) is 0. The molecular formula is C24H21N. The van der Waals surface area contributed by atoms with Gasteiger partial charge in [0.2, 0.25) is 0 Å². The number of nitrogen functional groups attached to an aromatic ring is 1. The van der Waals surface area contributed by atoms with Gasteiger partial charge in [0.15, 0.2) is 0 Å². The second kappa shape index (κ2) is 4.64. The van der Waals surface area contributed by atoms with Gasteiger partial charge in [0.1, 0.15) is 0 Å². The standard InChI is InChI=1S/C24H21N/c1-23-17-6-5-7-18(23)11-13-20-15-16(21-8-3-4-9-22(21)25)14-19(12-10-17)24(20,23)2/h3-15H,25H2,1-2H3. The summed E-state index contributed by atoms with van der Waals surface area (Å²) in [5.41, 5.74) is 14.8. The van der Waals surface area contributed by atoms with E-state index in [1.807, 2.05) is 12.1 Å². The first-order valence-corrected chi connectivity index (χ1v) is 8.84. The molecule has 2 atom stereocenters. The number of hydrogen-bond donors (Lipinski definition) is 1. The van der Waals surface area contributed by atoms with Crippen LogP contribution < -0.4 is 5.73 Å². The van der Waals surface area contributed by atoms with Gasteiger partial charge in [-0.3, -0.25) is 0 Å². The smallest absolute Gasteiger partial charge is 0.0393 e. The van der Waals surface area contributed by atoms with E-state index in [1.165, 1.54) is 27.9 Å². The van der Waals surface area contributed by atoms with Gasteiger partial charge in [0.05, 0.1) is 0 Å². The van der Waals surface area contributed by atoms with E-state index < -0.39 is 0 Å². The maximum absolute atomic E-state index is 6.24. The van der Waals surface area contributed by atoms with Crippen molar-refractivity contribution in [3.8, 4) is 0 Å². The molecule has 4 aliphatic rings. The van der Waals surface area contributed by atoms with Crippen molar-refractivity contribution in [2.45, 2.75) is 13.8 Å². The summed E-state index contributed by atoms with van der Waals surface area (Å²) in [4.78, 5) is 0. The molecule has 5 rings (SSSR count). The van der Waals surface area contributed by atoms with Gasteiger partial charge in [0.25, 0.3) is 0 Å². The molecule has 0 fully saturated rings. The third-order valence-corrected chi connectivity index (χ3v) is 6.64. The molecule has 0 bridgehead atoms. The highest BCUT2D eigenvalue weighted by molar-refractivity contribution is 5.87. The summed E-state index contributed by atoms with van der Waals surface area (Å²) in [5, 5.41) is 0. The average Bonchev–Trinajstić information content (AvgIpc) is 2.60. The largest absolute Gasteiger partial charge is 0.398 e. The van der Waals surface area contributed by atoms with Crippen LogP contribution in [0.4, 0.5) is 5.69 Å². The van der Waals surface area contributed by atoms with Crippen molar-refractivity contribution >= 4 is 11.3 Å². The zero-order chi connectivity index (χ0) is 17.2. The number of nitrogens with two attached hydrogens (primary N) is 1. The summed E-state index contributed by atoms with van der Waals surface area (Å²) in [7, 11) is 0. The van der Waals surface area contributed by atoms with Crippen molar-refractivity contribution in [3.05, 3.63) is 107 Å². The molecule has 1 aromatic carbocycles. The van der Waals surface area contributed by atoms with E-state index in [0.717, 1.165) is 11.3 Å². The monoisotopic (exact) mass is 323 g/mol. The van der Waals surface area contributed by atoms with E-state index in [-0.39, 0.29) is 10.8 Å². The van der Waals surface area contributed by atoms with Gasteiger partial charge in [-0.2, -0.15) is 0 Å². The maximum Gasteiger partial charge on any atom is 0.0393 e. The molecule has 0 saturated carbocycles. The summed E-state index contributed by atoms with van der Waals surface area (Å²) in [6.45, 7) is 4.77. The van der Waals surface area contributed by atoms with Crippen LogP contribution in [0.25, 0.3) is 5.57 Å². The number of allylic oxidation sites excluding steroid dienone is 14. The number of para-hydroxylation sites is 1. The summed E-state index contributed by atoms with van der Waals surface area (Å²) in [6, 6.07) is 8.12. The topological polar surface area (TPSA) is 26.0 Å². The van der Waals surface area contributed by atoms with E-state index >= 15 is 0 Å². The van der Waals surface area contributed by atoms with Gasteiger partial charge in [-0.15, -0.1) is 0 Å². The molecule has 0 amide bonds. The zero-order valence-electron chi connectivity index (χ0n) is 14.6. The second-order valence-electron chi connectivity index (χ2n) is 7.60. The Balaban J connectivity index is 1.80. The molecule has 0 aromatic heterocycles. The molecule has 0 spiro atoms. The summed E-state index contributed by atoms with van der Waals surface area (Å²) >= 11 is 0. The Morgan fingerprint density at radius 3 is 2.24 bits per heavy atom. The van der Waals surface area contributed by atoms with Crippen LogP contribution in [-0.4, -0.2) is 0 Å². The minimum Gasteiger partial charge on any atom is -0.398 e. The number of rotatable bonds is 1. The molecule has 25 heavy (non-hydrogen) atoms. The summed E-state index contributed by atoms with van der Waals surface area (Å²) in [6.07, 6.45) is 20.5. The first-order chi connectivity index (χ1) is 12.0. The molecular weight excluding hydrogens is 302 g/mol. The van der Waals surface area contributed by atoms with E-state index in [4.69, 9.17) is 5.73 Å². The van der Waals surface area contributed by atoms with Crippen LogP contribution in [0.2, 0.25) is 0 Å². The van der Waals surface area contributed by atoms with Crippen LogP contribution in [-0.2, 0) is 0 Å². The van der Waals surface area contributed by atoms with E-state index in [9.17, 15) is 0 Å². The molecule has 1 nitrogen and oxygen atoms in total. The van der Waals surface area contributed by atoms with Crippen LogP contribution >= 0.6 is 0 Å². The number of benzene rings is 1. The molecule has 1 aromatic rings. The molecule has 4 aliphatic carbocycles. The molecule has 0 aliphatic heterocycles. The minimum absolute atomic E-state index is 0.0172. The van der Waals surface area contributed by atoms with Crippen LogP contribution in [0, 0.1) is 10.8 Å². The lowest BCUT2D eigenvalue weighted by molar-refractivity contribution is 0.250. The van der Waals surface area contributed by atoms with Crippen molar-refractivity contribution in [2.75, 3.05) is 5.73 Å². The van der Waals surface area contributed by atoms with Crippen LogP contribution in [0.5, 0.6) is 0 Å². The first-order valence-electron chi connectivity index (χ1n) is 8.84. The van der Waals surface area contributed by atoms with Crippen molar-refractivity contribution in [2.24, 2.45) is 10.8 Å². The van der Waals surface area contributed by atoms with Crippen molar-refractivity contribution in [1.82, 2.24) is 0 Å². The third kappa shape index (κ3) is 1.63. The van der Waals surface area contributed by atoms with E-state index in [0.29, 0.717) is 0 Å². The highest BCUT2D eigenvalue weighted by Gasteiger charge is 2.55. The fourth-order valence-electron chi connectivity index (χ4n) is 4.89. The minimum atomic E-state index is -0.0462. The number of hydrogen-bond acceptors (Lipinski definition) is 1. The van der Waals surface area contributed by atoms with Crippen molar-refractivity contribution < 1.29 is 0 Å². The first kappa shape index (κ1) is 14.5. The van der Waals surface area contributed by atoms with Crippen LogP contribution in [0.3, 0.4) is 0 Å². The van der Waals surface area contributed by atoms with Gasteiger partial charge in [-0.1, -0.05) is 86.7 Å². The molecule has 1 heteroatoms. The molecule has 2 N–H and O–H groups in total. The molecule has 122 valence electrons. The second-order valence-corrected chi connectivity index (χ2v) is 7.60. The fraction of sp³-hybridized carbons (Fsp3) is 0.167. The SMILES string of the molecule is CC12C3=CC=CC1=CC=C1C=C(c4ccccc4N)C=C(C=C3)C12C. The van der Waals surface area contributed by atoms with Crippen molar-refractivity contribution in [3.63, 3.8) is 0 Å². The molecule has 0 saturated heterocycles. The van der Waals surface area contributed by atoms with Crippen LogP contribution in [0.1, 0.15) is 19.4 Å². The average molecular weight is 323 g/mol. The predicted octanol–water partition coefficient (Wildman–Crippen LogP) is 5.54. The Bertz CT molecular complexity index is 1020. The Morgan fingerprint density at radius 1 is 0.720 bits per heavy atom. The van der Waals surface area contributed by atoms with Gasteiger partial charge < -0.3 is 5.73 Å². The van der Waals surface area contributed by atoms with E-state index in [2.05, 4.69) is 80.7 Å². The quantitative estimate of drug-likeness (QED) is 0.675. The third-order valence-electron chi connectivity index (χ3n) is 6.64. The highest BCUT2D eigenvalue weighted by Crippen LogP contribution is 2.65. The van der Waals surface area contributed by atoms with Gasteiger partial charge in [-0.05, 0) is 33.9 Å². The highest BCUT2D eigenvalue weighted by atomic mass is 14.6. The Hall–Kier alpha value is -2.80. The zero-order valence-corrected chi connectivity index (χ0v) is 14.6. The van der Waals surface area contributed by atoms with Gasteiger partial charge >= 0.3 is 0 Å². The van der Waals surface area contributed by atoms with Gasteiger partial charge in [0, 0.05) is 22.1 Å². The van der Waals surface area contributed by atoms with E-state index in [1.54, 1.807) is 0 Å². The molecule has 0 heterocycles. The summed E-state index contributed by atoms with van der Waals surface area (Å²) < 4.78 is 0. The normalized spacial score (nSPS) is 31.4. The van der Waals surface area contributed by atoms with Crippen molar-refractivity contribution in [1.29, 1.82) is 0 Å². The lowest BCUT2D eigenvalue weighted by Gasteiger charge is -2.56. The lowest BCUT2D eigenvalue weighted by Crippen LogP contribution is -2.47. The maximum atomic E-state index is 6.24. The molecule has 0 radical (unpaired) electrons. The van der Waals surface area contributed by atoms with Gasteiger partial charge in [-0.25, -0.2) is 0 Å². The van der Waals surface area contributed by atoms with Crippen LogP contribution in [0.15, 0.2) is 101 Å². The predicted molar refractivity (Wildman–Crippen MR) is 106 cm³/mol. The number of anilines is 1. The lowest BCUT2D eigenvalue weighted by atomic mass is 9.46.